The summed E-state index contributed by atoms with van der Waals surface area (Å²) in [4.78, 5) is 12.5. The number of sulfonamides is 1. The molecule has 2 N–H and O–H groups in total. The second-order valence-corrected chi connectivity index (χ2v) is 8.21. The van der Waals surface area contributed by atoms with E-state index in [4.69, 9.17) is 4.52 Å². The molecule has 2 aromatic rings. The predicted octanol–water partition coefficient (Wildman–Crippen LogP) is 2.04. The van der Waals surface area contributed by atoms with Crippen LogP contribution in [0, 0.1) is 19.8 Å². The Balaban J connectivity index is 1.66. The Hall–Kier alpha value is -2.39. The van der Waals surface area contributed by atoms with Crippen LogP contribution in [0.4, 0.5) is 5.69 Å². The molecule has 1 aliphatic heterocycles. The molecule has 0 radical (unpaired) electrons. The molecular weight excluding hydrogens is 358 g/mol. The fourth-order valence-corrected chi connectivity index (χ4v) is 4.91. The number of anilines is 1. The van der Waals surface area contributed by atoms with E-state index in [1.165, 1.54) is 10.4 Å². The van der Waals surface area contributed by atoms with E-state index in [-0.39, 0.29) is 41.3 Å². The molecule has 1 aromatic heterocycles. The van der Waals surface area contributed by atoms with Crippen LogP contribution in [0.1, 0.15) is 24.3 Å². The Labute approximate surface area is 151 Å². The molecule has 9 heteroatoms. The first kappa shape index (κ1) is 18.4. The van der Waals surface area contributed by atoms with Crippen LogP contribution in [-0.2, 0) is 14.8 Å². The number of nitrogens with zero attached hydrogens (tertiary/aromatic N) is 2. The minimum Gasteiger partial charge on any atom is -0.506 e. The number of benzene rings is 1. The number of hydrogen-bond acceptors (Lipinski definition) is 6. The third-order valence-corrected chi connectivity index (χ3v) is 6.70. The molecule has 1 aromatic carbocycles. The Morgan fingerprint density at radius 3 is 2.50 bits per heavy atom. The Morgan fingerprint density at radius 1 is 1.27 bits per heavy atom. The van der Waals surface area contributed by atoms with Crippen molar-refractivity contribution in [2.45, 2.75) is 31.6 Å². The molecule has 26 heavy (non-hydrogen) atoms. The van der Waals surface area contributed by atoms with Gasteiger partial charge in [-0.1, -0.05) is 17.3 Å². The first-order valence-corrected chi connectivity index (χ1v) is 9.76. The van der Waals surface area contributed by atoms with Crippen molar-refractivity contribution in [1.29, 1.82) is 0 Å². The molecule has 0 aliphatic carbocycles. The average Bonchev–Trinajstić information content (AvgIpc) is 2.96. The zero-order chi connectivity index (χ0) is 18.9. The van der Waals surface area contributed by atoms with Gasteiger partial charge in [-0.15, -0.1) is 0 Å². The lowest BCUT2D eigenvalue weighted by molar-refractivity contribution is -0.120. The number of phenols is 1. The summed E-state index contributed by atoms with van der Waals surface area (Å²) in [5.41, 5.74) is 0.685. The fourth-order valence-electron chi connectivity index (χ4n) is 3.14. The molecule has 140 valence electrons. The van der Waals surface area contributed by atoms with E-state index in [0.717, 1.165) is 0 Å². The van der Waals surface area contributed by atoms with Gasteiger partial charge in [-0.3, -0.25) is 4.79 Å². The van der Waals surface area contributed by atoms with Crippen molar-refractivity contribution in [2.24, 2.45) is 5.92 Å². The zero-order valence-corrected chi connectivity index (χ0v) is 15.4. The third kappa shape index (κ3) is 3.45. The number of nitrogens with one attached hydrogen (secondary N) is 1. The normalized spacial score (nSPS) is 16.5. The van der Waals surface area contributed by atoms with Crippen molar-refractivity contribution in [3.05, 3.63) is 35.7 Å². The number of carbonyl (C=O) groups excluding carboxylic acids is 1. The van der Waals surface area contributed by atoms with Crippen LogP contribution in [0.25, 0.3) is 0 Å². The number of piperidine rings is 1. The van der Waals surface area contributed by atoms with Gasteiger partial charge in [-0.2, -0.15) is 4.31 Å². The summed E-state index contributed by atoms with van der Waals surface area (Å²) in [7, 11) is -3.69. The number of phenolic OH excluding ortho intramolecular Hbond substituents is 1. The quantitative estimate of drug-likeness (QED) is 0.786. The topological polar surface area (TPSA) is 113 Å². The Kier molecular flexibility index (Phi) is 5.01. The van der Waals surface area contributed by atoms with Crippen molar-refractivity contribution >= 4 is 21.6 Å². The van der Waals surface area contributed by atoms with Gasteiger partial charge >= 0.3 is 0 Å². The van der Waals surface area contributed by atoms with Gasteiger partial charge in [0.2, 0.25) is 15.9 Å². The highest BCUT2D eigenvalue weighted by atomic mass is 32.2. The van der Waals surface area contributed by atoms with Gasteiger partial charge in [-0.25, -0.2) is 8.42 Å². The predicted molar refractivity (Wildman–Crippen MR) is 94.2 cm³/mol. The van der Waals surface area contributed by atoms with Crippen molar-refractivity contribution in [1.82, 2.24) is 9.46 Å². The Bertz CT molecular complexity index is 895. The highest BCUT2D eigenvalue weighted by Gasteiger charge is 2.35. The number of para-hydroxylation sites is 2. The molecular formula is C17H21N3O5S. The van der Waals surface area contributed by atoms with Crippen LogP contribution in [-0.4, -0.2) is 42.0 Å². The minimum atomic E-state index is -3.69. The van der Waals surface area contributed by atoms with Gasteiger partial charge < -0.3 is 14.9 Å². The minimum absolute atomic E-state index is 0.000674. The summed E-state index contributed by atoms with van der Waals surface area (Å²) < 4.78 is 31.9. The lowest BCUT2D eigenvalue weighted by Crippen LogP contribution is -2.41. The number of rotatable bonds is 4. The number of aromatic nitrogens is 1. The first-order valence-electron chi connectivity index (χ1n) is 8.32. The summed E-state index contributed by atoms with van der Waals surface area (Å²) in [5, 5.41) is 16.2. The second-order valence-electron chi connectivity index (χ2n) is 6.34. The van der Waals surface area contributed by atoms with Crippen molar-refractivity contribution in [2.75, 3.05) is 18.4 Å². The van der Waals surface area contributed by atoms with Gasteiger partial charge in [-0.05, 0) is 38.8 Å². The van der Waals surface area contributed by atoms with Gasteiger partial charge in [0.1, 0.15) is 16.3 Å². The summed E-state index contributed by atoms with van der Waals surface area (Å²) in [6.45, 7) is 3.64. The number of carbonyl (C=O) groups is 1. The van der Waals surface area contributed by atoms with E-state index in [0.29, 0.717) is 24.2 Å². The molecule has 1 saturated heterocycles. The van der Waals surface area contributed by atoms with E-state index < -0.39 is 10.0 Å². The molecule has 2 heterocycles. The van der Waals surface area contributed by atoms with E-state index >= 15 is 0 Å². The second kappa shape index (κ2) is 7.08. The highest BCUT2D eigenvalue weighted by molar-refractivity contribution is 7.89. The first-order chi connectivity index (χ1) is 12.3. The zero-order valence-electron chi connectivity index (χ0n) is 14.6. The van der Waals surface area contributed by atoms with E-state index in [9.17, 15) is 18.3 Å². The number of aryl methyl sites for hydroxylation is 2. The standard InChI is InChI=1S/C17H21N3O5S/c1-11-16(12(2)25-19-11)26(23,24)20-9-7-13(8-10-20)17(22)18-14-5-3-4-6-15(14)21/h3-6,13,21H,7-10H2,1-2H3,(H,18,22). The molecule has 1 aliphatic rings. The summed E-state index contributed by atoms with van der Waals surface area (Å²) in [6, 6.07) is 6.50. The summed E-state index contributed by atoms with van der Waals surface area (Å²) >= 11 is 0. The SMILES string of the molecule is Cc1noc(C)c1S(=O)(=O)N1CCC(C(=O)Nc2ccccc2O)CC1. The van der Waals surface area contributed by atoms with Crippen LogP contribution < -0.4 is 5.32 Å². The molecule has 0 saturated carbocycles. The van der Waals surface area contributed by atoms with E-state index in [2.05, 4.69) is 10.5 Å². The smallest absolute Gasteiger partial charge is 0.248 e. The molecule has 0 spiro atoms. The van der Waals surface area contributed by atoms with Crippen LogP contribution in [0.2, 0.25) is 0 Å². The molecule has 1 fully saturated rings. The molecule has 0 bridgehead atoms. The number of aromatic hydroxyl groups is 1. The lowest BCUT2D eigenvalue weighted by Gasteiger charge is -2.30. The van der Waals surface area contributed by atoms with Gasteiger partial charge in [0.25, 0.3) is 0 Å². The van der Waals surface area contributed by atoms with E-state index in [1.807, 2.05) is 0 Å². The van der Waals surface area contributed by atoms with Crippen LogP contribution >= 0.6 is 0 Å². The highest BCUT2D eigenvalue weighted by Crippen LogP contribution is 2.29. The Morgan fingerprint density at radius 2 is 1.92 bits per heavy atom. The van der Waals surface area contributed by atoms with Gasteiger partial charge in [0.15, 0.2) is 5.76 Å². The van der Waals surface area contributed by atoms with E-state index in [1.54, 1.807) is 32.0 Å². The van der Waals surface area contributed by atoms with Crippen molar-refractivity contribution in [3.63, 3.8) is 0 Å². The largest absolute Gasteiger partial charge is 0.506 e. The van der Waals surface area contributed by atoms with Crippen LogP contribution in [0.5, 0.6) is 5.75 Å². The fraction of sp³-hybridized carbons (Fsp3) is 0.412. The average molecular weight is 379 g/mol. The maximum absolute atomic E-state index is 12.8. The maximum Gasteiger partial charge on any atom is 0.248 e. The number of amides is 1. The van der Waals surface area contributed by atoms with Crippen molar-refractivity contribution in [3.8, 4) is 5.75 Å². The lowest BCUT2D eigenvalue weighted by atomic mass is 9.97. The molecule has 0 atom stereocenters. The maximum atomic E-state index is 12.8. The molecule has 8 nitrogen and oxygen atoms in total. The summed E-state index contributed by atoms with van der Waals surface area (Å²) in [5.74, 6) is -0.271. The molecule has 1 amide bonds. The number of hydrogen-bond donors (Lipinski definition) is 2. The third-order valence-electron chi connectivity index (χ3n) is 4.55. The summed E-state index contributed by atoms with van der Waals surface area (Å²) in [6.07, 6.45) is 0.810. The van der Waals surface area contributed by atoms with Gasteiger partial charge in [0.05, 0.1) is 5.69 Å². The monoisotopic (exact) mass is 379 g/mol. The van der Waals surface area contributed by atoms with Gasteiger partial charge in [0, 0.05) is 19.0 Å². The molecule has 3 rings (SSSR count). The van der Waals surface area contributed by atoms with Crippen LogP contribution in [0.3, 0.4) is 0 Å². The molecule has 0 unspecified atom stereocenters. The van der Waals surface area contributed by atoms with Crippen LogP contribution in [0.15, 0.2) is 33.7 Å². The van der Waals surface area contributed by atoms with Crippen molar-refractivity contribution < 1.29 is 22.8 Å².